The van der Waals surface area contributed by atoms with Crippen molar-refractivity contribution < 1.29 is 28.7 Å². The highest BCUT2D eigenvalue weighted by Gasteiger charge is 2.49. The smallest absolute Gasteiger partial charge is 0.324 e. The molecule has 0 saturated carbocycles. The number of piperazine rings is 1. The molecule has 9 rings (SSSR count). The van der Waals surface area contributed by atoms with Gasteiger partial charge in [0.2, 0.25) is 11.8 Å². The van der Waals surface area contributed by atoms with Crippen molar-refractivity contribution in [2.45, 2.75) is 129 Å². The lowest BCUT2D eigenvalue weighted by Gasteiger charge is -2.46. The number of carbonyl (C=O) groups excluding carboxylic acids is 4. The van der Waals surface area contributed by atoms with Gasteiger partial charge in [0.1, 0.15) is 12.1 Å². The van der Waals surface area contributed by atoms with Crippen molar-refractivity contribution >= 4 is 45.9 Å². The SMILES string of the molecule is CCn1c(-c2cccnc2[C@H](C)OC)c2c3cc(ccc31)-c1csc(n1)C[C@H](NC(=O)[C@H](C(C)C)N1C3CCC1CN(C(=O)[C@H]1CN1)C3)C(=O)N1CCC[C@H](N1)C(=O)OCC(C)(C)C2. The Morgan fingerprint density at radius 3 is 2.56 bits per heavy atom. The Labute approximate surface area is 379 Å². The summed E-state index contributed by atoms with van der Waals surface area (Å²) in [6.07, 6.45) is 5.28. The predicted octanol–water partition coefficient (Wildman–Crippen LogP) is 4.87. The van der Waals surface area contributed by atoms with E-state index in [-0.39, 0.29) is 60.9 Å². The van der Waals surface area contributed by atoms with Crippen molar-refractivity contribution in [3.05, 3.63) is 58.2 Å². The molecule has 4 aromatic rings. The lowest BCUT2D eigenvalue weighted by molar-refractivity contribution is -0.155. The fraction of sp³-hybridized carbons (Fsp3) is 0.583. The van der Waals surface area contributed by atoms with Gasteiger partial charge in [-0.05, 0) is 81.7 Å². The first-order valence-corrected chi connectivity index (χ1v) is 24.0. The van der Waals surface area contributed by atoms with Gasteiger partial charge in [-0.15, -0.1) is 11.3 Å². The normalized spacial score (nSPS) is 25.8. The van der Waals surface area contributed by atoms with E-state index in [2.05, 4.69) is 70.6 Å². The second-order valence-electron chi connectivity index (χ2n) is 19.5. The highest BCUT2D eigenvalue weighted by molar-refractivity contribution is 7.10. The lowest BCUT2D eigenvalue weighted by atomic mass is 9.84. The minimum absolute atomic E-state index is 0.0521. The zero-order valence-electron chi connectivity index (χ0n) is 38.2. The van der Waals surface area contributed by atoms with E-state index < -0.39 is 29.5 Å². The third-order valence-electron chi connectivity index (χ3n) is 13.9. The average molecular weight is 894 g/mol. The molecule has 3 amide bonds. The summed E-state index contributed by atoms with van der Waals surface area (Å²) in [6, 6.07) is 8.41. The number of ether oxygens (including phenoxy) is 2. The van der Waals surface area contributed by atoms with Crippen LogP contribution in [-0.2, 0) is 48.0 Å². The Balaban J connectivity index is 1.08. The number of hydrogen-bond donors (Lipinski definition) is 3. The maximum atomic E-state index is 14.7. The van der Waals surface area contributed by atoms with Gasteiger partial charge < -0.3 is 29.6 Å². The highest BCUT2D eigenvalue weighted by Crippen LogP contribution is 2.42. The number of aromatic nitrogens is 3. The highest BCUT2D eigenvalue weighted by atomic mass is 32.1. The summed E-state index contributed by atoms with van der Waals surface area (Å²) < 4.78 is 14.3. The monoisotopic (exact) mass is 893 g/mol. The van der Waals surface area contributed by atoms with Gasteiger partial charge in [0, 0.05) is 97.4 Å². The molecule has 3 N–H and O–H groups in total. The summed E-state index contributed by atoms with van der Waals surface area (Å²) >= 11 is 1.47. The third-order valence-corrected chi connectivity index (χ3v) is 14.8. The number of hydrogen-bond acceptors (Lipinski definition) is 12. The third kappa shape index (κ3) is 8.59. The van der Waals surface area contributed by atoms with Crippen LogP contribution in [0.25, 0.3) is 33.4 Å². The van der Waals surface area contributed by atoms with E-state index in [1.807, 2.05) is 37.1 Å². The van der Waals surface area contributed by atoms with E-state index in [1.54, 1.807) is 13.3 Å². The van der Waals surface area contributed by atoms with Crippen LogP contribution in [0.3, 0.4) is 0 Å². The number of pyridine rings is 1. The topological polar surface area (TPSA) is 173 Å². The average Bonchev–Trinajstić information content (AvgIpc) is 3.90. The molecule has 4 saturated heterocycles. The van der Waals surface area contributed by atoms with Crippen LogP contribution in [0, 0.1) is 11.3 Å². The molecule has 3 aromatic heterocycles. The molecule has 5 aliphatic heterocycles. The fourth-order valence-corrected chi connectivity index (χ4v) is 11.5. The van der Waals surface area contributed by atoms with Gasteiger partial charge in [-0.1, -0.05) is 33.8 Å². The van der Waals surface area contributed by atoms with Gasteiger partial charge in [-0.25, -0.2) is 10.4 Å². The summed E-state index contributed by atoms with van der Waals surface area (Å²) in [5.41, 5.74) is 9.58. The van der Waals surface area contributed by atoms with Crippen LogP contribution < -0.4 is 16.1 Å². The number of nitrogens with one attached hydrogen (secondary N) is 3. The van der Waals surface area contributed by atoms with Crippen LogP contribution in [0.2, 0.25) is 0 Å². The minimum atomic E-state index is -0.951. The summed E-state index contributed by atoms with van der Waals surface area (Å²) in [4.78, 5) is 70.7. The van der Waals surface area contributed by atoms with E-state index in [9.17, 15) is 19.2 Å². The first-order valence-electron chi connectivity index (χ1n) is 23.2. The number of fused-ring (bicyclic) bond motifs is 8. The molecule has 0 spiro atoms. The molecule has 8 bridgehead atoms. The number of amides is 3. The van der Waals surface area contributed by atoms with Crippen LogP contribution in [0.5, 0.6) is 0 Å². The molecular formula is C48H63N9O6S. The van der Waals surface area contributed by atoms with E-state index in [0.717, 1.165) is 70.6 Å². The number of aryl methyl sites for hydroxylation is 1. The van der Waals surface area contributed by atoms with E-state index >= 15 is 0 Å². The number of carbonyl (C=O) groups is 4. The Morgan fingerprint density at radius 2 is 1.86 bits per heavy atom. The molecule has 1 aromatic carbocycles. The van der Waals surface area contributed by atoms with Gasteiger partial charge in [-0.2, -0.15) is 0 Å². The number of methoxy groups -OCH3 is 1. The molecule has 64 heavy (non-hydrogen) atoms. The van der Waals surface area contributed by atoms with Crippen LogP contribution in [0.15, 0.2) is 41.9 Å². The zero-order valence-corrected chi connectivity index (χ0v) is 39.0. The van der Waals surface area contributed by atoms with Crippen LogP contribution in [-0.4, -0.2) is 129 Å². The van der Waals surface area contributed by atoms with Crippen molar-refractivity contribution in [2.75, 3.05) is 39.9 Å². The zero-order chi connectivity index (χ0) is 45.0. The lowest BCUT2D eigenvalue weighted by Crippen LogP contribution is -2.65. The molecule has 0 radical (unpaired) electrons. The van der Waals surface area contributed by atoms with Crippen molar-refractivity contribution in [3.63, 3.8) is 0 Å². The first kappa shape index (κ1) is 44.5. The molecule has 16 heteroatoms. The number of nitrogens with zero attached hydrogens (tertiary/aromatic N) is 6. The van der Waals surface area contributed by atoms with E-state index in [1.165, 1.54) is 16.3 Å². The summed E-state index contributed by atoms with van der Waals surface area (Å²) in [5, 5.41) is 11.7. The number of hydrazine groups is 1. The molecule has 342 valence electrons. The number of likely N-dealkylation sites (tertiary alicyclic amines) is 1. The second kappa shape index (κ2) is 17.9. The number of esters is 1. The molecule has 5 aliphatic rings. The van der Waals surface area contributed by atoms with Crippen LogP contribution in [0.4, 0.5) is 0 Å². The largest absolute Gasteiger partial charge is 0.464 e. The maximum absolute atomic E-state index is 14.7. The molecule has 0 aliphatic carbocycles. The Bertz CT molecular complexity index is 2410. The molecule has 15 nitrogen and oxygen atoms in total. The number of rotatable bonds is 9. The van der Waals surface area contributed by atoms with Gasteiger partial charge in [0.05, 0.1) is 46.9 Å². The minimum Gasteiger partial charge on any atom is -0.464 e. The fourth-order valence-electron chi connectivity index (χ4n) is 10.6. The Kier molecular flexibility index (Phi) is 12.4. The van der Waals surface area contributed by atoms with Crippen molar-refractivity contribution in [1.29, 1.82) is 0 Å². The van der Waals surface area contributed by atoms with Crippen molar-refractivity contribution in [1.82, 2.24) is 45.4 Å². The number of cyclic esters (lactones) is 1. The molecule has 8 heterocycles. The van der Waals surface area contributed by atoms with Crippen molar-refractivity contribution in [3.8, 4) is 22.5 Å². The van der Waals surface area contributed by atoms with Gasteiger partial charge >= 0.3 is 5.97 Å². The molecule has 7 atom stereocenters. The molecule has 2 unspecified atom stereocenters. The molecule has 4 fully saturated rings. The number of thiazole rings is 1. The van der Waals surface area contributed by atoms with Crippen LogP contribution >= 0.6 is 11.3 Å². The summed E-state index contributed by atoms with van der Waals surface area (Å²) in [7, 11) is 1.70. The van der Waals surface area contributed by atoms with Gasteiger partial charge in [0.25, 0.3) is 5.91 Å². The Morgan fingerprint density at radius 1 is 1.09 bits per heavy atom. The van der Waals surface area contributed by atoms with Gasteiger partial charge in [-0.3, -0.25) is 34.1 Å². The standard InChI is InChI=1S/C48H63N9O6S/c1-8-55-39-16-13-29-19-33(39)34(43(55)32-11-9-17-49-41(32)28(4)62-7)21-48(5,6)26-63-47(61)35-12-10-18-56(53-35)46(60)36(20-40-51-38(29)25-64-40)52-44(58)42(27(2)3)57-30-14-15-31(57)24-54(23-30)45(59)37-22-50-37/h9,11,13,16-17,19,25,27-28,30-31,35-37,42,50,53H,8,10,12,14-15,18,20-24,26H2,1-7H3,(H,52,58)/t28-,30?,31?,35-,36-,37+,42-/m0/s1. The predicted molar refractivity (Wildman–Crippen MR) is 245 cm³/mol. The quantitative estimate of drug-likeness (QED) is 0.155. The molecular weight excluding hydrogens is 831 g/mol. The van der Waals surface area contributed by atoms with Crippen molar-refractivity contribution in [2.24, 2.45) is 11.3 Å². The van der Waals surface area contributed by atoms with E-state index in [0.29, 0.717) is 43.9 Å². The number of benzene rings is 1. The second-order valence-corrected chi connectivity index (χ2v) is 20.4. The Hall–Kier alpha value is -4.74. The van der Waals surface area contributed by atoms with Crippen LogP contribution in [0.1, 0.15) is 89.6 Å². The van der Waals surface area contributed by atoms with Gasteiger partial charge in [0.15, 0.2) is 0 Å². The maximum Gasteiger partial charge on any atom is 0.324 e. The first-order chi connectivity index (χ1) is 30.7. The summed E-state index contributed by atoms with van der Waals surface area (Å²) in [5.74, 6) is -0.853. The summed E-state index contributed by atoms with van der Waals surface area (Å²) in [6.45, 7) is 15.7. The van der Waals surface area contributed by atoms with E-state index in [4.69, 9.17) is 19.4 Å².